The zero-order valence-electron chi connectivity index (χ0n) is 22.3. The average molecular weight is 507 g/mol. The highest BCUT2D eigenvalue weighted by molar-refractivity contribution is 5.65. The molecule has 4 aromatic carbocycles. The summed E-state index contributed by atoms with van der Waals surface area (Å²) in [7, 11) is 0. The molecule has 4 aromatic rings. The number of para-hydroxylation sites is 4. The Balaban J connectivity index is 1.51. The number of nitrogens with two attached hydrogens (primary N) is 2. The van der Waals surface area contributed by atoms with Crippen LogP contribution < -0.4 is 20.9 Å². The van der Waals surface area contributed by atoms with Crippen LogP contribution in [0.25, 0.3) is 0 Å². The van der Waals surface area contributed by atoms with Gasteiger partial charge in [0.05, 0.1) is 17.5 Å². The van der Waals surface area contributed by atoms with Gasteiger partial charge in [-0.05, 0) is 82.6 Å². The largest absolute Gasteiger partial charge is 0.455 e. The molecule has 0 bridgehead atoms. The predicted octanol–water partition coefficient (Wildman–Crippen LogP) is 7.06. The molecule has 0 radical (unpaired) electrons. The molecule has 2 aliphatic carbocycles. The van der Waals surface area contributed by atoms with E-state index >= 15 is 0 Å². The maximum Gasteiger partial charge on any atom is 0.150 e. The quantitative estimate of drug-likeness (QED) is 0.258. The van der Waals surface area contributed by atoms with Gasteiger partial charge >= 0.3 is 0 Å². The predicted molar refractivity (Wildman–Crippen MR) is 152 cm³/mol. The van der Waals surface area contributed by atoms with Crippen LogP contribution in [-0.4, -0.2) is 11.2 Å². The van der Waals surface area contributed by atoms with Gasteiger partial charge in [0.15, 0.2) is 0 Å². The van der Waals surface area contributed by atoms with Crippen molar-refractivity contribution in [1.82, 2.24) is 0 Å². The van der Waals surface area contributed by atoms with Crippen molar-refractivity contribution in [1.29, 1.82) is 0 Å². The first-order valence-corrected chi connectivity index (χ1v) is 13.1. The number of benzene rings is 4. The average Bonchev–Trinajstić information content (AvgIpc) is 3.22. The normalized spacial score (nSPS) is 22.2. The number of hydrogen-bond acceptors (Lipinski definition) is 5. The van der Waals surface area contributed by atoms with Crippen LogP contribution in [0.1, 0.15) is 56.4 Å². The Hall–Kier alpha value is -3.96. The van der Waals surface area contributed by atoms with Gasteiger partial charge in [-0.15, -0.1) is 0 Å². The number of ether oxygens (including phenoxy) is 2. The molecule has 2 unspecified atom stereocenters. The standard InChI is InChI=1S/C33H34N2O3/c1-31(2)19-33(24-17-20(13-15-22(24)31)37-28-11-7-5-9-26(28)34)25-18-21(38-29-12-8-6-10-27(29)35)14-16-23(25)32(3,4)30(33)36/h5-18,30,36H,19,34-35H2,1-4H3. The van der Waals surface area contributed by atoms with Gasteiger partial charge in [0, 0.05) is 10.8 Å². The van der Waals surface area contributed by atoms with E-state index in [0.717, 1.165) is 23.1 Å². The Labute approximate surface area is 224 Å². The lowest BCUT2D eigenvalue weighted by Gasteiger charge is -2.36. The van der Waals surface area contributed by atoms with Crippen LogP contribution in [0.3, 0.4) is 0 Å². The summed E-state index contributed by atoms with van der Waals surface area (Å²) in [6.07, 6.45) is 0.125. The van der Waals surface area contributed by atoms with Crippen LogP contribution in [0.15, 0.2) is 84.9 Å². The fraction of sp³-hybridized carbons (Fsp3) is 0.273. The molecule has 6 rings (SSSR count). The van der Waals surface area contributed by atoms with Crippen LogP contribution in [0.4, 0.5) is 11.4 Å². The maximum absolute atomic E-state index is 12.1. The molecule has 194 valence electrons. The monoisotopic (exact) mass is 506 g/mol. The molecule has 0 amide bonds. The van der Waals surface area contributed by atoms with Crippen molar-refractivity contribution < 1.29 is 14.6 Å². The molecular weight excluding hydrogens is 472 g/mol. The van der Waals surface area contributed by atoms with E-state index < -0.39 is 16.9 Å². The number of hydrogen-bond donors (Lipinski definition) is 3. The second-order valence-corrected chi connectivity index (χ2v) is 11.9. The summed E-state index contributed by atoms with van der Waals surface area (Å²) in [5.41, 5.74) is 16.8. The van der Waals surface area contributed by atoms with Gasteiger partial charge in [-0.25, -0.2) is 0 Å². The Kier molecular flexibility index (Phi) is 5.31. The van der Waals surface area contributed by atoms with Gasteiger partial charge in [0.25, 0.3) is 0 Å². The van der Waals surface area contributed by atoms with Crippen LogP contribution in [0.2, 0.25) is 0 Å². The highest BCUT2D eigenvalue weighted by Gasteiger charge is 2.62. The number of aliphatic hydroxyl groups is 1. The Bertz CT molecular complexity index is 1500. The molecule has 2 aliphatic rings. The molecule has 0 aliphatic heterocycles. The van der Waals surface area contributed by atoms with E-state index in [1.54, 1.807) is 0 Å². The van der Waals surface area contributed by atoms with E-state index in [1.807, 2.05) is 60.7 Å². The van der Waals surface area contributed by atoms with E-state index in [9.17, 15) is 5.11 Å². The topological polar surface area (TPSA) is 90.7 Å². The summed E-state index contributed by atoms with van der Waals surface area (Å²) in [6.45, 7) is 8.74. The second-order valence-electron chi connectivity index (χ2n) is 11.9. The molecule has 5 N–H and O–H groups in total. The number of rotatable bonds is 4. The third kappa shape index (κ3) is 3.49. The van der Waals surface area contributed by atoms with Gasteiger partial charge < -0.3 is 26.0 Å². The van der Waals surface area contributed by atoms with Crippen molar-refractivity contribution in [2.24, 2.45) is 0 Å². The SMILES string of the molecule is CC1(C)CC2(c3cc(Oc4ccccc4N)ccc31)c1cc(Oc3ccccc3N)ccc1C(C)(C)C2O. The third-order valence-electron chi connectivity index (χ3n) is 8.53. The summed E-state index contributed by atoms with van der Waals surface area (Å²) in [6, 6.07) is 27.4. The summed E-state index contributed by atoms with van der Waals surface area (Å²) in [4.78, 5) is 0. The molecule has 0 saturated heterocycles. The van der Waals surface area contributed by atoms with Gasteiger partial charge in [0.2, 0.25) is 0 Å². The minimum Gasteiger partial charge on any atom is -0.455 e. The molecule has 0 saturated carbocycles. The number of anilines is 2. The minimum absolute atomic E-state index is 0.154. The summed E-state index contributed by atoms with van der Waals surface area (Å²) >= 11 is 0. The van der Waals surface area contributed by atoms with Crippen molar-refractivity contribution in [2.75, 3.05) is 11.5 Å². The summed E-state index contributed by atoms with van der Waals surface area (Å²) in [5.74, 6) is 2.62. The zero-order valence-corrected chi connectivity index (χ0v) is 22.3. The lowest BCUT2D eigenvalue weighted by atomic mass is 9.70. The molecule has 0 heterocycles. The Morgan fingerprint density at radius 1 is 0.658 bits per heavy atom. The van der Waals surface area contributed by atoms with Crippen LogP contribution >= 0.6 is 0 Å². The fourth-order valence-corrected chi connectivity index (χ4v) is 6.75. The molecule has 5 nitrogen and oxygen atoms in total. The van der Waals surface area contributed by atoms with Crippen molar-refractivity contribution in [2.45, 2.75) is 56.5 Å². The van der Waals surface area contributed by atoms with Crippen LogP contribution in [0.5, 0.6) is 23.0 Å². The van der Waals surface area contributed by atoms with Crippen molar-refractivity contribution >= 4 is 11.4 Å². The van der Waals surface area contributed by atoms with Gasteiger partial charge in [-0.3, -0.25) is 0 Å². The van der Waals surface area contributed by atoms with E-state index in [-0.39, 0.29) is 5.41 Å². The van der Waals surface area contributed by atoms with Gasteiger partial charge in [-0.1, -0.05) is 64.1 Å². The molecular formula is C33H34N2O3. The summed E-state index contributed by atoms with van der Waals surface area (Å²) < 4.78 is 12.5. The first-order valence-electron chi connectivity index (χ1n) is 13.1. The minimum atomic E-state index is -0.639. The Morgan fingerprint density at radius 2 is 1.13 bits per heavy atom. The van der Waals surface area contributed by atoms with Crippen LogP contribution in [0, 0.1) is 0 Å². The third-order valence-corrected chi connectivity index (χ3v) is 8.53. The smallest absolute Gasteiger partial charge is 0.150 e. The molecule has 38 heavy (non-hydrogen) atoms. The number of fused-ring (bicyclic) bond motifs is 4. The second kappa shape index (κ2) is 8.27. The highest BCUT2D eigenvalue weighted by atomic mass is 16.5. The zero-order chi connectivity index (χ0) is 26.9. The van der Waals surface area contributed by atoms with Crippen molar-refractivity contribution in [3.8, 4) is 23.0 Å². The van der Waals surface area contributed by atoms with E-state index in [1.165, 1.54) is 5.56 Å². The molecule has 5 heteroatoms. The number of nitrogen functional groups attached to an aromatic ring is 2. The van der Waals surface area contributed by atoms with E-state index in [0.29, 0.717) is 34.4 Å². The summed E-state index contributed by atoms with van der Waals surface area (Å²) in [5, 5.41) is 12.1. The highest BCUT2D eigenvalue weighted by Crippen LogP contribution is 2.63. The maximum atomic E-state index is 12.1. The first-order chi connectivity index (χ1) is 18.0. The lowest BCUT2D eigenvalue weighted by Crippen LogP contribution is -2.43. The van der Waals surface area contributed by atoms with Gasteiger partial charge in [-0.2, -0.15) is 0 Å². The molecule has 2 atom stereocenters. The van der Waals surface area contributed by atoms with E-state index in [4.69, 9.17) is 20.9 Å². The first kappa shape index (κ1) is 24.4. The fourth-order valence-electron chi connectivity index (χ4n) is 6.75. The van der Waals surface area contributed by atoms with Gasteiger partial charge in [0.1, 0.15) is 23.0 Å². The lowest BCUT2D eigenvalue weighted by molar-refractivity contribution is 0.0530. The number of aliphatic hydroxyl groups excluding tert-OH is 1. The van der Waals surface area contributed by atoms with Crippen molar-refractivity contribution in [3.05, 3.63) is 107 Å². The molecule has 1 spiro atoms. The Morgan fingerprint density at radius 3 is 1.66 bits per heavy atom. The van der Waals surface area contributed by atoms with Crippen LogP contribution in [-0.2, 0) is 16.2 Å². The molecule has 0 fully saturated rings. The molecule has 0 aromatic heterocycles. The van der Waals surface area contributed by atoms with E-state index in [2.05, 4.69) is 52.0 Å². The van der Waals surface area contributed by atoms with Crippen molar-refractivity contribution in [3.63, 3.8) is 0 Å².